The standard InChI is InChI=1S/C34H61NO3/c1-3-5-7-9-11-13-15-16-17-18-20-22-24-26-28-30-34(38)35-32(31-36)33(37)29-27-25-23-21-19-14-12-10-8-6-4-2/h11,13,16-17,19,21,27,29,32-33,36-37H,3-10,12,14-15,18,20,22-26,28,30-31H2,1-2H3,(H,35,38)/b13-11+,17-16+,21-19+,29-27+/t32-,33+/m0/s1. The fourth-order valence-electron chi connectivity index (χ4n) is 4.28. The minimum absolute atomic E-state index is 0.0935. The lowest BCUT2D eigenvalue weighted by Crippen LogP contribution is -2.45. The molecule has 0 fully saturated rings. The molecule has 0 unspecified atom stereocenters. The molecular formula is C34H61NO3. The molecule has 0 aliphatic carbocycles. The molecular weight excluding hydrogens is 470 g/mol. The molecule has 0 aliphatic rings. The van der Waals surface area contributed by atoms with E-state index in [1.54, 1.807) is 6.08 Å². The molecule has 38 heavy (non-hydrogen) atoms. The summed E-state index contributed by atoms with van der Waals surface area (Å²) >= 11 is 0. The maximum Gasteiger partial charge on any atom is 0.220 e. The molecule has 0 saturated carbocycles. The van der Waals surface area contributed by atoms with Crippen molar-refractivity contribution in [2.75, 3.05) is 6.61 Å². The van der Waals surface area contributed by atoms with E-state index in [4.69, 9.17) is 0 Å². The van der Waals surface area contributed by atoms with Crippen LogP contribution in [-0.2, 0) is 4.79 Å². The SMILES string of the molecule is CCCCC/C=C/C/C=C/CCCCCCCC(=O)N[C@@H](CO)[C@H](O)/C=C/CC/C=C/CCCCCCC. The molecule has 1 amide bonds. The Morgan fingerprint density at radius 3 is 1.74 bits per heavy atom. The van der Waals surface area contributed by atoms with Crippen molar-refractivity contribution in [1.29, 1.82) is 0 Å². The molecule has 0 bridgehead atoms. The summed E-state index contributed by atoms with van der Waals surface area (Å²) in [5, 5.41) is 22.7. The highest BCUT2D eigenvalue weighted by atomic mass is 16.3. The lowest BCUT2D eigenvalue weighted by molar-refractivity contribution is -0.123. The monoisotopic (exact) mass is 531 g/mol. The Morgan fingerprint density at radius 2 is 1.11 bits per heavy atom. The van der Waals surface area contributed by atoms with Crippen LogP contribution in [0.1, 0.15) is 142 Å². The van der Waals surface area contributed by atoms with Crippen molar-refractivity contribution in [1.82, 2.24) is 5.32 Å². The number of aliphatic hydroxyl groups is 2. The van der Waals surface area contributed by atoms with Gasteiger partial charge in [0.2, 0.25) is 5.91 Å². The molecule has 4 heteroatoms. The van der Waals surface area contributed by atoms with E-state index >= 15 is 0 Å². The number of allylic oxidation sites excluding steroid dienone is 7. The Morgan fingerprint density at radius 1 is 0.632 bits per heavy atom. The summed E-state index contributed by atoms with van der Waals surface area (Å²) < 4.78 is 0. The zero-order valence-electron chi connectivity index (χ0n) is 24.9. The first-order valence-electron chi connectivity index (χ1n) is 15.9. The number of rotatable bonds is 27. The molecule has 0 saturated heterocycles. The van der Waals surface area contributed by atoms with Crippen LogP contribution in [0, 0.1) is 0 Å². The van der Waals surface area contributed by atoms with Crippen molar-refractivity contribution in [2.24, 2.45) is 0 Å². The molecule has 3 N–H and O–H groups in total. The predicted molar refractivity (Wildman–Crippen MR) is 165 cm³/mol. The van der Waals surface area contributed by atoms with Gasteiger partial charge in [-0.15, -0.1) is 0 Å². The minimum Gasteiger partial charge on any atom is -0.394 e. The average molecular weight is 532 g/mol. The normalized spacial score (nSPS) is 13.9. The van der Waals surface area contributed by atoms with Gasteiger partial charge < -0.3 is 15.5 Å². The van der Waals surface area contributed by atoms with Crippen molar-refractivity contribution < 1.29 is 15.0 Å². The third-order valence-corrected chi connectivity index (χ3v) is 6.78. The molecule has 2 atom stereocenters. The number of carbonyl (C=O) groups is 1. The quantitative estimate of drug-likeness (QED) is 0.0732. The molecule has 0 rings (SSSR count). The molecule has 0 aromatic carbocycles. The summed E-state index contributed by atoms with van der Waals surface area (Å²) in [6.07, 6.45) is 38.9. The van der Waals surface area contributed by atoms with E-state index in [1.165, 1.54) is 70.6 Å². The van der Waals surface area contributed by atoms with Crippen LogP contribution in [0.4, 0.5) is 0 Å². The summed E-state index contributed by atoms with van der Waals surface area (Å²) in [5.41, 5.74) is 0. The number of hydrogen-bond acceptors (Lipinski definition) is 3. The second-order valence-corrected chi connectivity index (χ2v) is 10.5. The number of hydrogen-bond donors (Lipinski definition) is 3. The molecule has 0 aromatic heterocycles. The molecule has 0 aromatic rings. The molecule has 0 heterocycles. The maximum atomic E-state index is 12.2. The van der Waals surface area contributed by atoms with Gasteiger partial charge in [0.1, 0.15) is 0 Å². The largest absolute Gasteiger partial charge is 0.394 e. The van der Waals surface area contributed by atoms with Gasteiger partial charge in [-0.2, -0.15) is 0 Å². The first-order chi connectivity index (χ1) is 18.7. The zero-order valence-corrected chi connectivity index (χ0v) is 24.9. The van der Waals surface area contributed by atoms with Crippen LogP contribution in [0.25, 0.3) is 0 Å². The van der Waals surface area contributed by atoms with Gasteiger partial charge in [0.05, 0.1) is 18.8 Å². The van der Waals surface area contributed by atoms with Crippen molar-refractivity contribution in [3.8, 4) is 0 Å². The van der Waals surface area contributed by atoms with Gasteiger partial charge in [-0.25, -0.2) is 0 Å². The van der Waals surface area contributed by atoms with Crippen molar-refractivity contribution in [3.05, 3.63) is 48.6 Å². The Balaban J connectivity index is 3.77. The van der Waals surface area contributed by atoms with E-state index < -0.39 is 12.1 Å². The van der Waals surface area contributed by atoms with Crippen molar-refractivity contribution in [3.63, 3.8) is 0 Å². The second-order valence-electron chi connectivity index (χ2n) is 10.5. The molecule has 0 spiro atoms. The van der Waals surface area contributed by atoms with E-state index in [1.807, 2.05) is 6.08 Å². The van der Waals surface area contributed by atoms with Crippen LogP contribution in [-0.4, -0.2) is 34.9 Å². The van der Waals surface area contributed by atoms with Gasteiger partial charge in [0, 0.05) is 6.42 Å². The van der Waals surface area contributed by atoms with E-state index in [2.05, 4.69) is 55.6 Å². The smallest absolute Gasteiger partial charge is 0.220 e. The molecule has 220 valence electrons. The fourth-order valence-corrected chi connectivity index (χ4v) is 4.28. The van der Waals surface area contributed by atoms with Crippen LogP contribution in [0.3, 0.4) is 0 Å². The number of aliphatic hydroxyl groups excluding tert-OH is 2. The van der Waals surface area contributed by atoms with E-state index in [0.717, 1.165) is 51.4 Å². The van der Waals surface area contributed by atoms with E-state index in [-0.39, 0.29) is 12.5 Å². The third kappa shape index (κ3) is 26.0. The molecule has 4 nitrogen and oxygen atoms in total. The average Bonchev–Trinajstić information content (AvgIpc) is 2.92. The summed E-state index contributed by atoms with van der Waals surface area (Å²) in [5.74, 6) is -0.0935. The van der Waals surface area contributed by atoms with Gasteiger partial charge in [0.15, 0.2) is 0 Å². The zero-order chi connectivity index (χ0) is 27.9. The van der Waals surface area contributed by atoms with Crippen molar-refractivity contribution in [2.45, 2.75) is 154 Å². The van der Waals surface area contributed by atoms with Crippen LogP contribution >= 0.6 is 0 Å². The summed E-state index contributed by atoms with van der Waals surface area (Å²) in [4.78, 5) is 12.2. The molecule has 0 radical (unpaired) electrons. The highest BCUT2D eigenvalue weighted by Crippen LogP contribution is 2.09. The highest BCUT2D eigenvalue weighted by Gasteiger charge is 2.17. The Hall–Kier alpha value is -1.65. The lowest BCUT2D eigenvalue weighted by Gasteiger charge is -2.19. The summed E-state index contributed by atoms with van der Waals surface area (Å²) in [6.45, 7) is 4.21. The van der Waals surface area contributed by atoms with Crippen LogP contribution in [0.15, 0.2) is 48.6 Å². The van der Waals surface area contributed by atoms with Crippen LogP contribution < -0.4 is 5.32 Å². The summed E-state index contributed by atoms with van der Waals surface area (Å²) in [7, 11) is 0. The van der Waals surface area contributed by atoms with Gasteiger partial charge in [0.25, 0.3) is 0 Å². The first kappa shape index (κ1) is 36.4. The fraction of sp³-hybridized carbons (Fsp3) is 0.735. The van der Waals surface area contributed by atoms with E-state index in [9.17, 15) is 15.0 Å². The van der Waals surface area contributed by atoms with Gasteiger partial charge >= 0.3 is 0 Å². The Labute approximate surface area is 235 Å². The number of carbonyl (C=O) groups excluding carboxylic acids is 1. The van der Waals surface area contributed by atoms with Crippen LogP contribution in [0.5, 0.6) is 0 Å². The predicted octanol–water partition coefficient (Wildman–Crippen LogP) is 8.89. The Bertz CT molecular complexity index is 623. The Kier molecular flexibility index (Phi) is 28.6. The van der Waals surface area contributed by atoms with Gasteiger partial charge in [-0.05, 0) is 64.2 Å². The number of unbranched alkanes of at least 4 members (excludes halogenated alkanes) is 14. The lowest BCUT2D eigenvalue weighted by atomic mass is 10.1. The minimum atomic E-state index is -0.865. The van der Waals surface area contributed by atoms with Gasteiger partial charge in [-0.3, -0.25) is 4.79 Å². The van der Waals surface area contributed by atoms with Crippen molar-refractivity contribution >= 4 is 5.91 Å². The van der Waals surface area contributed by atoms with Crippen LogP contribution in [0.2, 0.25) is 0 Å². The molecule has 0 aliphatic heterocycles. The first-order valence-corrected chi connectivity index (χ1v) is 15.9. The highest BCUT2D eigenvalue weighted by molar-refractivity contribution is 5.76. The maximum absolute atomic E-state index is 12.2. The number of nitrogens with one attached hydrogen (secondary N) is 1. The summed E-state index contributed by atoms with van der Waals surface area (Å²) in [6, 6.07) is -0.643. The topological polar surface area (TPSA) is 69.6 Å². The second kappa shape index (κ2) is 29.9. The van der Waals surface area contributed by atoms with E-state index in [0.29, 0.717) is 6.42 Å². The number of amides is 1. The third-order valence-electron chi connectivity index (χ3n) is 6.78. The van der Waals surface area contributed by atoms with Gasteiger partial charge in [-0.1, -0.05) is 120 Å².